The van der Waals surface area contributed by atoms with Crippen LogP contribution in [0.2, 0.25) is 0 Å². The number of amides is 1. The summed E-state index contributed by atoms with van der Waals surface area (Å²) in [6.07, 6.45) is -0.863. The molecular weight excluding hydrogens is 280 g/mol. The molecule has 2 atom stereocenters. The lowest BCUT2D eigenvalue weighted by molar-refractivity contribution is -0.127. The number of rotatable bonds is 6. The summed E-state index contributed by atoms with van der Waals surface area (Å²) < 4.78 is 29.1. The molecule has 0 spiro atoms. The molecule has 1 aromatic rings. The second-order valence-corrected chi connectivity index (χ2v) is 5.17. The Hall–Kier alpha value is -1.69. The SMILES string of the molecule is O=C(NCc1cccc(OCC(F)F)c1)C1CCCC1O. The molecule has 0 heterocycles. The number of aliphatic hydroxyl groups is 1. The summed E-state index contributed by atoms with van der Waals surface area (Å²) >= 11 is 0. The minimum atomic E-state index is -2.52. The van der Waals surface area contributed by atoms with Crippen LogP contribution in [0.3, 0.4) is 0 Å². The van der Waals surface area contributed by atoms with Crippen LogP contribution in [0, 0.1) is 5.92 Å². The van der Waals surface area contributed by atoms with Crippen LogP contribution in [-0.4, -0.2) is 30.2 Å². The van der Waals surface area contributed by atoms with E-state index in [1.54, 1.807) is 24.3 Å². The van der Waals surface area contributed by atoms with E-state index in [4.69, 9.17) is 4.74 Å². The van der Waals surface area contributed by atoms with Gasteiger partial charge in [-0.1, -0.05) is 12.1 Å². The third-order valence-corrected chi connectivity index (χ3v) is 3.56. The molecule has 0 aromatic heterocycles. The van der Waals surface area contributed by atoms with Gasteiger partial charge in [0.2, 0.25) is 5.91 Å². The van der Waals surface area contributed by atoms with Crippen molar-refractivity contribution in [1.82, 2.24) is 5.32 Å². The van der Waals surface area contributed by atoms with Gasteiger partial charge in [-0.25, -0.2) is 8.78 Å². The molecule has 1 aliphatic rings. The average Bonchev–Trinajstić information content (AvgIpc) is 2.89. The van der Waals surface area contributed by atoms with Gasteiger partial charge in [0, 0.05) is 6.54 Å². The Morgan fingerprint density at radius 1 is 1.43 bits per heavy atom. The van der Waals surface area contributed by atoms with E-state index in [-0.39, 0.29) is 18.4 Å². The van der Waals surface area contributed by atoms with Crippen LogP contribution in [-0.2, 0) is 11.3 Å². The van der Waals surface area contributed by atoms with E-state index in [0.29, 0.717) is 18.6 Å². The number of nitrogens with one attached hydrogen (secondary N) is 1. The molecule has 2 rings (SSSR count). The first-order chi connectivity index (χ1) is 10.1. The Kier molecular flexibility index (Phi) is 5.50. The van der Waals surface area contributed by atoms with Gasteiger partial charge in [0.15, 0.2) is 0 Å². The summed E-state index contributed by atoms with van der Waals surface area (Å²) in [5.41, 5.74) is 0.766. The maximum Gasteiger partial charge on any atom is 0.272 e. The van der Waals surface area contributed by atoms with E-state index < -0.39 is 19.1 Å². The minimum absolute atomic E-state index is 0.168. The number of alkyl halides is 2. The highest BCUT2D eigenvalue weighted by Crippen LogP contribution is 2.25. The lowest BCUT2D eigenvalue weighted by Crippen LogP contribution is -2.34. The molecule has 2 unspecified atom stereocenters. The number of aliphatic hydroxyl groups excluding tert-OH is 1. The summed E-state index contributed by atoms with van der Waals surface area (Å²) in [6, 6.07) is 6.68. The number of hydrogen-bond donors (Lipinski definition) is 2. The molecule has 0 bridgehead atoms. The molecule has 1 aliphatic carbocycles. The maximum atomic E-state index is 12.1. The van der Waals surface area contributed by atoms with Crippen LogP contribution >= 0.6 is 0 Å². The molecule has 116 valence electrons. The second-order valence-electron chi connectivity index (χ2n) is 5.17. The lowest BCUT2D eigenvalue weighted by atomic mass is 10.1. The molecule has 2 N–H and O–H groups in total. The molecule has 0 saturated heterocycles. The van der Waals surface area contributed by atoms with Gasteiger partial charge in [-0.2, -0.15) is 0 Å². The normalized spacial score (nSPS) is 21.5. The van der Waals surface area contributed by atoms with E-state index in [1.165, 1.54) is 0 Å². The molecule has 1 aromatic carbocycles. The zero-order valence-corrected chi connectivity index (χ0v) is 11.6. The van der Waals surface area contributed by atoms with Crippen molar-refractivity contribution in [2.75, 3.05) is 6.61 Å². The minimum Gasteiger partial charge on any atom is -0.488 e. The molecule has 0 aliphatic heterocycles. The predicted molar refractivity (Wildman–Crippen MR) is 73.1 cm³/mol. The van der Waals surface area contributed by atoms with Crippen LogP contribution < -0.4 is 10.1 Å². The second kappa shape index (κ2) is 7.36. The Bertz CT molecular complexity index is 482. The molecule has 0 radical (unpaired) electrons. The van der Waals surface area contributed by atoms with E-state index in [1.807, 2.05) is 0 Å². The first-order valence-electron chi connectivity index (χ1n) is 7.02. The van der Waals surface area contributed by atoms with Crippen LogP contribution in [0.5, 0.6) is 5.75 Å². The Balaban J connectivity index is 1.85. The highest BCUT2D eigenvalue weighted by Gasteiger charge is 2.31. The van der Waals surface area contributed by atoms with Crippen molar-refractivity contribution in [1.29, 1.82) is 0 Å². The van der Waals surface area contributed by atoms with Crippen LogP contribution in [0.1, 0.15) is 24.8 Å². The van der Waals surface area contributed by atoms with E-state index in [2.05, 4.69) is 5.32 Å². The van der Waals surface area contributed by atoms with Gasteiger partial charge in [0.1, 0.15) is 12.4 Å². The van der Waals surface area contributed by atoms with Crippen LogP contribution in [0.15, 0.2) is 24.3 Å². The Morgan fingerprint density at radius 3 is 2.90 bits per heavy atom. The van der Waals surface area contributed by atoms with Crippen molar-refractivity contribution in [3.63, 3.8) is 0 Å². The molecule has 1 amide bonds. The maximum absolute atomic E-state index is 12.1. The number of hydrogen-bond acceptors (Lipinski definition) is 3. The smallest absolute Gasteiger partial charge is 0.272 e. The monoisotopic (exact) mass is 299 g/mol. The predicted octanol–water partition coefficient (Wildman–Crippen LogP) is 2.11. The summed E-state index contributed by atoms with van der Waals surface area (Å²) in [6.45, 7) is -0.363. The fraction of sp³-hybridized carbons (Fsp3) is 0.533. The fourth-order valence-corrected chi connectivity index (χ4v) is 2.47. The lowest BCUT2D eigenvalue weighted by Gasteiger charge is -2.14. The van der Waals surface area contributed by atoms with Gasteiger partial charge in [-0.05, 0) is 37.0 Å². The van der Waals surface area contributed by atoms with Crippen molar-refractivity contribution in [2.24, 2.45) is 5.92 Å². The summed E-state index contributed by atoms with van der Waals surface area (Å²) in [5, 5.41) is 12.4. The number of ether oxygens (including phenoxy) is 1. The Labute approximate surface area is 122 Å². The summed E-state index contributed by atoms with van der Waals surface area (Å²) in [4.78, 5) is 11.9. The van der Waals surface area contributed by atoms with E-state index in [9.17, 15) is 18.7 Å². The van der Waals surface area contributed by atoms with Gasteiger partial charge in [0.05, 0.1) is 12.0 Å². The van der Waals surface area contributed by atoms with Crippen molar-refractivity contribution in [2.45, 2.75) is 38.3 Å². The van der Waals surface area contributed by atoms with E-state index in [0.717, 1.165) is 12.0 Å². The van der Waals surface area contributed by atoms with Crippen molar-refractivity contribution >= 4 is 5.91 Å². The average molecular weight is 299 g/mol. The fourth-order valence-electron chi connectivity index (χ4n) is 2.47. The Morgan fingerprint density at radius 2 is 2.24 bits per heavy atom. The van der Waals surface area contributed by atoms with Crippen molar-refractivity contribution in [3.05, 3.63) is 29.8 Å². The van der Waals surface area contributed by atoms with Crippen molar-refractivity contribution in [3.8, 4) is 5.75 Å². The van der Waals surface area contributed by atoms with Crippen LogP contribution in [0.4, 0.5) is 8.78 Å². The third kappa shape index (κ3) is 4.67. The molecule has 1 saturated carbocycles. The van der Waals surface area contributed by atoms with Gasteiger partial charge in [0.25, 0.3) is 6.43 Å². The molecule has 4 nitrogen and oxygen atoms in total. The van der Waals surface area contributed by atoms with Gasteiger partial charge in [-0.3, -0.25) is 4.79 Å². The zero-order valence-electron chi connectivity index (χ0n) is 11.6. The zero-order chi connectivity index (χ0) is 15.2. The highest BCUT2D eigenvalue weighted by molar-refractivity contribution is 5.79. The summed E-state index contributed by atoms with van der Waals surface area (Å²) in [7, 11) is 0. The molecule has 1 fully saturated rings. The molecule has 6 heteroatoms. The standard InChI is InChI=1S/C15H19F2NO3/c16-14(17)9-21-11-4-1-3-10(7-11)8-18-15(20)12-5-2-6-13(12)19/h1,3-4,7,12-14,19H,2,5-6,8-9H2,(H,18,20). The number of benzene rings is 1. The first kappa shape index (κ1) is 15.7. The highest BCUT2D eigenvalue weighted by atomic mass is 19.3. The number of carbonyl (C=O) groups excluding carboxylic acids is 1. The first-order valence-corrected chi connectivity index (χ1v) is 7.02. The third-order valence-electron chi connectivity index (χ3n) is 3.56. The summed E-state index contributed by atoms with van der Waals surface area (Å²) in [5.74, 6) is -0.162. The quantitative estimate of drug-likeness (QED) is 0.846. The van der Waals surface area contributed by atoms with Crippen LogP contribution in [0.25, 0.3) is 0 Å². The molecular formula is C15H19F2NO3. The molecule has 21 heavy (non-hydrogen) atoms. The van der Waals surface area contributed by atoms with Gasteiger partial charge < -0.3 is 15.2 Å². The topological polar surface area (TPSA) is 58.6 Å². The number of carbonyl (C=O) groups is 1. The van der Waals surface area contributed by atoms with Crippen molar-refractivity contribution < 1.29 is 23.4 Å². The van der Waals surface area contributed by atoms with Gasteiger partial charge in [-0.15, -0.1) is 0 Å². The largest absolute Gasteiger partial charge is 0.488 e. The van der Waals surface area contributed by atoms with E-state index >= 15 is 0 Å². The number of halogens is 2. The van der Waals surface area contributed by atoms with Gasteiger partial charge >= 0.3 is 0 Å².